The minimum atomic E-state index is -0.104. The van der Waals surface area contributed by atoms with Gasteiger partial charge >= 0.3 is 0 Å². The molecule has 0 aliphatic rings. The zero-order valence-electron chi connectivity index (χ0n) is 13.7. The molecular weight excluding hydrogens is 280 g/mol. The van der Waals surface area contributed by atoms with Crippen molar-refractivity contribution in [1.29, 1.82) is 0 Å². The quantitative estimate of drug-likeness (QED) is 0.377. The molecule has 0 fully saturated rings. The molecule has 0 radical (unpaired) electrons. The molecule has 0 heterocycles. The molecule has 0 aromatic rings. The molecule has 3 nitrogen and oxygen atoms in total. The van der Waals surface area contributed by atoms with Crippen LogP contribution in [0.3, 0.4) is 0 Å². The van der Waals surface area contributed by atoms with Gasteiger partial charge < -0.3 is 5.32 Å². The van der Waals surface area contributed by atoms with Crippen LogP contribution in [0.25, 0.3) is 0 Å². The topological polar surface area (TPSA) is 41.5 Å². The Kier molecular flexibility index (Phi) is 10.7. The summed E-state index contributed by atoms with van der Waals surface area (Å²) in [5, 5.41) is 3.82. The van der Waals surface area contributed by atoms with Crippen LogP contribution < -0.4 is 5.32 Å². The van der Waals surface area contributed by atoms with Crippen LogP contribution in [0.4, 0.5) is 0 Å². The molecule has 0 atom stereocenters. The molecule has 4 heteroatoms. The summed E-state index contributed by atoms with van der Waals surface area (Å²) in [5.41, 5.74) is 1.01. The van der Waals surface area contributed by atoms with Crippen molar-refractivity contribution in [2.75, 3.05) is 0 Å². The molecule has 0 aliphatic heterocycles. The van der Waals surface area contributed by atoms with Gasteiger partial charge in [0.2, 0.25) is 0 Å². The highest BCUT2D eigenvalue weighted by Gasteiger charge is 2.16. The second kappa shape index (κ2) is 11.4. The highest BCUT2D eigenvalue weighted by atomic mass is 32.2. The maximum absolute atomic E-state index is 12.2. The SMILES string of the molecule is C=C/N=C(SC(=C)C(=O)NC(CCC)CCC)\C(C)=C/C. The van der Waals surface area contributed by atoms with Crippen molar-refractivity contribution < 1.29 is 4.79 Å². The van der Waals surface area contributed by atoms with Crippen LogP contribution in [0.15, 0.2) is 40.9 Å². The van der Waals surface area contributed by atoms with Crippen molar-refractivity contribution in [3.63, 3.8) is 0 Å². The van der Waals surface area contributed by atoms with Crippen molar-refractivity contribution in [3.8, 4) is 0 Å². The maximum atomic E-state index is 12.2. The second-order valence-electron chi connectivity index (χ2n) is 4.86. The van der Waals surface area contributed by atoms with Gasteiger partial charge in [0.05, 0.1) is 4.91 Å². The van der Waals surface area contributed by atoms with Gasteiger partial charge in [0.15, 0.2) is 0 Å². The Morgan fingerprint density at radius 2 is 1.90 bits per heavy atom. The maximum Gasteiger partial charge on any atom is 0.257 e. The van der Waals surface area contributed by atoms with Crippen LogP contribution >= 0.6 is 11.8 Å². The van der Waals surface area contributed by atoms with E-state index in [9.17, 15) is 4.79 Å². The lowest BCUT2D eigenvalue weighted by atomic mass is 10.1. The first-order chi connectivity index (χ1) is 9.99. The minimum Gasteiger partial charge on any atom is -0.349 e. The number of carbonyl (C=O) groups is 1. The van der Waals surface area contributed by atoms with E-state index < -0.39 is 0 Å². The number of amides is 1. The first-order valence-electron chi connectivity index (χ1n) is 7.49. The molecule has 0 bridgehead atoms. The van der Waals surface area contributed by atoms with E-state index in [-0.39, 0.29) is 11.9 Å². The molecule has 0 aliphatic carbocycles. The molecule has 0 rings (SSSR count). The standard InChI is InChI=1S/C17H28N2OS/c1-7-11-15(12-8-2)19-16(20)14(6)21-17(18-10-4)13(5)9-3/h9-10,15H,4,6-8,11-12H2,1-3,5H3,(H,19,20)/b13-9-,18-17+. The van der Waals surface area contributed by atoms with Gasteiger partial charge in [-0.25, -0.2) is 4.99 Å². The third kappa shape index (κ3) is 7.90. The Morgan fingerprint density at radius 3 is 2.33 bits per heavy atom. The fourth-order valence-electron chi connectivity index (χ4n) is 1.83. The minimum absolute atomic E-state index is 0.104. The number of nitrogens with one attached hydrogen (secondary N) is 1. The summed E-state index contributed by atoms with van der Waals surface area (Å²) in [6.07, 6.45) is 7.56. The van der Waals surface area contributed by atoms with E-state index in [1.807, 2.05) is 19.9 Å². The predicted octanol–water partition coefficient (Wildman–Crippen LogP) is 4.83. The lowest BCUT2D eigenvalue weighted by Gasteiger charge is -2.18. The number of nitrogens with zero attached hydrogens (tertiary/aromatic N) is 1. The van der Waals surface area contributed by atoms with E-state index in [1.54, 1.807) is 0 Å². The molecule has 118 valence electrons. The summed E-state index contributed by atoms with van der Waals surface area (Å²) in [6, 6.07) is 0.229. The van der Waals surface area contributed by atoms with E-state index in [1.165, 1.54) is 18.0 Å². The molecule has 0 saturated carbocycles. The molecule has 0 aromatic carbocycles. The van der Waals surface area contributed by atoms with E-state index in [0.717, 1.165) is 36.3 Å². The van der Waals surface area contributed by atoms with Crippen LogP contribution in [0.1, 0.15) is 53.4 Å². The molecule has 21 heavy (non-hydrogen) atoms. The molecule has 1 N–H and O–H groups in total. The summed E-state index contributed by atoms with van der Waals surface area (Å²) in [4.78, 5) is 16.9. The molecule has 0 spiro atoms. The average Bonchev–Trinajstić information content (AvgIpc) is 2.46. The number of thioether (sulfide) groups is 1. The van der Waals surface area contributed by atoms with Gasteiger partial charge in [-0.1, -0.05) is 57.7 Å². The molecule has 0 unspecified atom stereocenters. The molecular formula is C17H28N2OS. The van der Waals surface area contributed by atoms with E-state index in [0.29, 0.717) is 4.91 Å². The first-order valence-corrected chi connectivity index (χ1v) is 8.31. The van der Waals surface area contributed by atoms with Crippen molar-refractivity contribution in [1.82, 2.24) is 5.32 Å². The summed E-state index contributed by atoms with van der Waals surface area (Å²) in [5.74, 6) is -0.104. The summed E-state index contributed by atoms with van der Waals surface area (Å²) < 4.78 is 0. The van der Waals surface area contributed by atoms with Crippen molar-refractivity contribution in [2.45, 2.75) is 59.4 Å². The molecule has 0 aromatic heterocycles. The Labute approximate surface area is 133 Å². The first kappa shape index (κ1) is 19.7. The predicted molar refractivity (Wildman–Crippen MR) is 95.5 cm³/mol. The van der Waals surface area contributed by atoms with Crippen LogP contribution in [0, 0.1) is 0 Å². The van der Waals surface area contributed by atoms with E-state index in [4.69, 9.17) is 0 Å². The number of hydrogen-bond donors (Lipinski definition) is 1. The van der Waals surface area contributed by atoms with Gasteiger partial charge in [-0.3, -0.25) is 4.79 Å². The third-order valence-electron chi connectivity index (χ3n) is 3.06. The fraction of sp³-hybridized carbons (Fsp3) is 0.529. The van der Waals surface area contributed by atoms with Crippen molar-refractivity contribution >= 4 is 22.7 Å². The third-order valence-corrected chi connectivity index (χ3v) is 4.11. The van der Waals surface area contributed by atoms with Gasteiger partial charge in [-0.2, -0.15) is 0 Å². The Bertz CT molecular complexity index is 419. The monoisotopic (exact) mass is 308 g/mol. The Balaban J connectivity index is 4.72. The van der Waals surface area contributed by atoms with Gasteiger partial charge in [-0.15, -0.1) is 0 Å². The van der Waals surface area contributed by atoms with Crippen LogP contribution in [0.5, 0.6) is 0 Å². The van der Waals surface area contributed by atoms with E-state index in [2.05, 4.69) is 37.3 Å². The highest BCUT2D eigenvalue weighted by Crippen LogP contribution is 2.21. The Morgan fingerprint density at radius 1 is 1.33 bits per heavy atom. The summed E-state index contributed by atoms with van der Waals surface area (Å²) >= 11 is 1.29. The number of hydrogen-bond acceptors (Lipinski definition) is 3. The average molecular weight is 308 g/mol. The fourth-order valence-corrected chi connectivity index (χ4v) is 2.62. The molecule has 1 amide bonds. The number of allylic oxidation sites excluding steroid dienone is 1. The smallest absolute Gasteiger partial charge is 0.257 e. The number of rotatable bonds is 9. The largest absolute Gasteiger partial charge is 0.349 e. The summed E-state index contributed by atoms with van der Waals surface area (Å²) in [7, 11) is 0. The molecule has 0 saturated heterocycles. The normalized spacial score (nSPS) is 12.4. The van der Waals surface area contributed by atoms with Crippen LogP contribution in [-0.2, 0) is 4.79 Å². The lowest BCUT2D eigenvalue weighted by Crippen LogP contribution is -2.35. The second-order valence-corrected chi connectivity index (χ2v) is 5.95. The van der Waals surface area contributed by atoms with Gasteiger partial charge in [-0.05, 0) is 32.3 Å². The van der Waals surface area contributed by atoms with Gasteiger partial charge in [0.1, 0.15) is 5.04 Å². The van der Waals surface area contributed by atoms with Gasteiger partial charge in [0.25, 0.3) is 5.91 Å². The number of aliphatic imine (C=N–C) groups is 1. The van der Waals surface area contributed by atoms with Crippen LogP contribution in [0.2, 0.25) is 0 Å². The highest BCUT2D eigenvalue weighted by molar-refractivity contribution is 8.18. The zero-order chi connectivity index (χ0) is 16.3. The van der Waals surface area contributed by atoms with Crippen molar-refractivity contribution in [3.05, 3.63) is 35.9 Å². The Hall–Kier alpha value is -1.29. The summed E-state index contributed by atoms with van der Waals surface area (Å²) in [6.45, 7) is 15.6. The lowest BCUT2D eigenvalue weighted by molar-refractivity contribution is -0.117. The zero-order valence-corrected chi connectivity index (χ0v) is 14.6. The van der Waals surface area contributed by atoms with Crippen LogP contribution in [-0.4, -0.2) is 17.0 Å². The van der Waals surface area contributed by atoms with E-state index >= 15 is 0 Å². The van der Waals surface area contributed by atoms with Crippen molar-refractivity contribution in [2.24, 2.45) is 4.99 Å². The van der Waals surface area contributed by atoms with Gasteiger partial charge in [0, 0.05) is 12.2 Å². The number of carbonyl (C=O) groups excluding carboxylic acids is 1.